The van der Waals surface area contributed by atoms with Crippen LogP contribution in [0.3, 0.4) is 0 Å². The number of fused-ring (bicyclic) bond motifs is 20. The van der Waals surface area contributed by atoms with Gasteiger partial charge in [0.25, 0.3) is 0 Å². The summed E-state index contributed by atoms with van der Waals surface area (Å²) in [6.07, 6.45) is 0. The van der Waals surface area contributed by atoms with Gasteiger partial charge in [0.2, 0.25) is 0 Å². The van der Waals surface area contributed by atoms with E-state index in [1.807, 2.05) is 24.3 Å². The van der Waals surface area contributed by atoms with Crippen molar-refractivity contribution in [1.29, 1.82) is 0 Å². The van der Waals surface area contributed by atoms with Gasteiger partial charge in [0.05, 0.1) is 19.7 Å². The van der Waals surface area contributed by atoms with Crippen LogP contribution in [0.25, 0.3) is 89.7 Å². The van der Waals surface area contributed by atoms with Crippen LogP contribution in [-0.2, 0) is 22.4 Å². The Hall–Kier alpha value is -7.42. The Morgan fingerprint density at radius 1 is 0.396 bits per heavy atom. The SMILES string of the molecule is O=[N+]([O-])c1c([N+](=O)[O-])c([N+](=O)[O-])c2c3nc4nc(nc5[nH]c(nc6nc(nc([nH]3)c2c1[N+](=O)[O-])-c1ccccc1-6)c1ccccc51)-c1ccccc1-4.[Ag+]. The normalized spacial score (nSPS) is 11.5. The van der Waals surface area contributed by atoms with Crippen molar-refractivity contribution in [2.75, 3.05) is 0 Å². The number of aromatic nitrogens is 8. The van der Waals surface area contributed by atoms with Crippen LogP contribution in [0, 0.1) is 40.5 Å². The summed E-state index contributed by atoms with van der Waals surface area (Å²) < 4.78 is 0. The number of hydrogen-bond acceptors (Lipinski definition) is 14. The Labute approximate surface area is 306 Å². The zero-order valence-corrected chi connectivity index (χ0v) is 27.5. The molecule has 0 amide bonds. The molecule has 0 saturated carbocycles. The molecule has 21 heteroatoms. The third kappa shape index (κ3) is 4.81. The molecule has 20 nitrogen and oxygen atoms in total. The average molecular weight is 802 g/mol. The first-order valence-electron chi connectivity index (χ1n) is 15.0. The van der Waals surface area contributed by atoms with E-state index in [4.69, 9.17) is 9.97 Å². The fraction of sp³-hybridized carbons (Fsp3) is 0. The molecule has 3 aromatic heterocycles. The van der Waals surface area contributed by atoms with Gasteiger partial charge in [-0.05, 0) is 0 Å². The van der Waals surface area contributed by atoms with Crippen molar-refractivity contribution < 1.29 is 42.1 Å². The maximum absolute atomic E-state index is 12.6. The van der Waals surface area contributed by atoms with Crippen LogP contribution in [-0.4, -0.2) is 59.6 Å². The molecule has 2 aliphatic rings. The number of nitrogens with one attached hydrogen (secondary N) is 2. The minimum absolute atomic E-state index is 0. The van der Waals surface area contributed by atoms with Crippen molar-refractivity contribution >= 4 is 66.9 Å². The zero-order valence-electron chi connectivity index (χ0n) is 26.0. The fourth-order valence-electron chi connectivity index (χ4n) is 6.54. The Morgan fingerprint density at radius 2 is 0.679 bits per heavy atom. The predicted octanol–water partition coefficient (Wildman–Crippen LogP) is 6.50. The van der Waals surface area contributed by atoms with Crippen LogP contribution in [0.2, 0.25) is 0 Å². The topological polar surface area (TPSA) is 281 Å². The van der Waals surface area contributed by atoms with Gasteiger partial charge in [-0.2, -0.15) is 0 Å². The van der Waals surface area contributed by atoms with Crippen LogP contribution in [0.15, 0.2) is 72.8 Å². The first-order chi connectivity index (χ1) is 25.1. The van der Waals surface area contributed by atoms with Gasteiger partial charge in [0, 0.05) is 33.0 Å². The van der Waals surface area contributed by atoms with Crippen molar-refractivity contribution in [2.45, 2.75) is 0 Å². The van der Waals surface area contributed by atoms with E-state index in [1.165, 1.54) is 0 Å². The second-order valence-electron chi connectivity index (χ2n) is 11.4. The Morgan fingerprint density at radius 3 is 1.00 bits per heavy atom. The molecule has 9 rings (SSSR count). The maximum Gasteiger partial charge on any atom is 1.00 e. The van der Waals surface area contributed by atoms with Gasteiger partial charge in [-0.1, -0.05) is 72.8 Å². The number of aromatic amines is 2. The minimum Gasteiger partial charge on any atom is -0.324 e. The molecule has 0 saturated heterocycles. The van der Waals surface area contributed by atoms with Crippen LogP contribution in [0.1, 0.15) is 0 Å². The van der Waals surface area contributed by atoms with Gasteiger partial charge in [-0.15, -0.1) is 0 Å². The standard InChI is InChI=1S/C32H14N12O8.Ag/c45-41(46)21-19-20(22(42(47)48)24(44(51)52)23(21)43(49)50)32-39-30-18-12-6-4-10-16(18)28(37-30)35-26-14-8-2-1-7-13(14)25(33-26)34-27-15-9-3-5-11-17(15)29(36-27)38-31(19)40-32;/h1-12H,(H2,33,34,35,36,37,38,39,40);/q;+1. The number of rotatable bonds is 4. The summed E-state index contributed by atoms with van der Waals surface area (Å²) in [6, 6.07) is 20.9. The van der Waals surface area contributed by atoms with E-state index < -0.39 is 64.5 Å². The van der Waals surface area contributed by atoms with Crippen LogP contribution in [0.4, 0.5) is 22.7 Å². The van der Waals surface area contributed by atoms with Crippen LogP contribution >= 0.6 is 0 Å². The molecule has 0 unspecified atom stereocenters. The largest absolute Gasteiger partial charge is 1.00 e. The number of hydrogen-bond donors (Lipinski definition) is 2. The average Bonchev–Trinajstić information content (AvgIpc) is 3.86. The summed E-state index contributed by atoms with van der Waals surface area (Å²) in [5, 5.41) is 49.7. The first kappa shape index (κ1) is 32.8. The van der Waals surface area contributed by atoms with Crippen molar-refractivity contribution in [2.24, 2.45) is 0 Å². The van der Waals surface area contributed by atoms with Gasteiger partial charge < -0.3 is 9.97 Å². The van der Waals surface area contributed by atoms with E-state index >= 15 is 0 Å². The Balaban J connectivity index is 0.00000400. The maximum atomic E-state index is 12.6. The summed E-state index contributed by atoms with van der Waals surface area (Å²) in [5.74, 6) is 0.187. The van der Waals surface area contributed by atoms with Gasteiger partial charge in [-0.3, -0.25) is 40.5 Å². The van der Waals surface area contributed by atoms with Crippen LogP contribution < -0.4 is 0 Å². The molecule has 260 valence electrons. The summed E-state index contributed by atoms with van der Waals surface area (Å²) in [5.41, 5.74) is -4.69. The smallest absolute Gasteiger partial charge is 0.324 e. The summed E-state index contributed by atoms with van der Waals surface area (Å²) in [6.45, 7) is 0. The first-order valence-corrected chi connectivity index (χ1v) is 15.0. The summed E-state index contributed by atoms with van der Waals surface area (Å²) in [7, 11) is 0. The van der Waals surface area contributed by atoms with Crippen LogP contribution in [0.5, 0.6) is 0 Å². The molecule has 0 fully saturated rings. The molecule has 53 heavy (non-hydrogen) atoms. The van der Waals surface area contributed by atoms with E-state index in [9.17, 15) is 40.5 Å². The molecule has 2 aliphatic heterocycles. The van der Waals surface area contributed by atoms with E-state index in [2.05, 4.69) is 29.9 Å². The molecule has 5 heterocycles. The van der Waals surface area contributed by atoms with Crippen molar-refractivity contribution in [3.05, 3.63) is 113 Å². The predicted molar refractivity (Wildman–Crippen MR) is 183 cm³/mol. The number of benzene rings is 4. The van der Waals surface area contributed by atoms with Crippen molar-refractivity contribution in [1.82, 2.24) is 39.9 Å². The van der Waals surface area contributed by atoms with E-state index in [1.54, 1.807) is 48.5 Å². The van der Waals surface area contributed by atoms with E-state index in [-0.39, 0.29) is 45.7 Å². The molecule has 0 radical (unpaired) electrons. The second kappa shape index (κ2) is 11.8. The zero-order chi connectivity index (χ0) is 36.0. The number of nitro benzene ring substituents is 4. The van der Waals surface area contributed by atoms with Crippen molar-refractivity contribution in [3.8, 4) is 45.6 Å². The number of H-pyrrole nitrogens is 2. The molecule has 0 spiro atoms. The van der Waals surface area contributed by atoms with Gasteiger partial charge in [-0.25, -0.2) is 29.9 Å². The third-order valence-electron chi connectivity index (χ3n) is 8.62. The Bertz CT molecular complexity index is 2820. The monoisotopic (exact) mass is 801 g/mol. The minimum atomic E-state index is -1.70. The van der Waals surface area contributed by atoms with Crippen molar-refractivity contribution in [3.63, 3.8) is 0 Å². The molecular weight excluding hydrogens is 788 g/mol. The fourth-order valence-corrected chi connectivity index (χ4v) is 6.54. The van der Waals surface area contributed by atoms with Gasteiger partial charge >= 0.3 is 45.1 Å². The Kier molecular flexibility index (Phi) is 7.32. The quantitative estimate of drug-likeness (QED) is 0.109. The van der Waals surface area contributed by atoms with Gasteiger partial charge in [0.15, 0.2) is 23.3 Å². The molecule has 4 aromatic carbocycles. The molecule has 7 aromatic rings. The summed E-state index contributed by atoms with van der Waals surface area (Å²) >= 11 is 0. The number of nitro groups is 4. The molecule has 2 N–H and O–H groups in total. The number of nitrogens with zero attached hydrogens (tertiary/aromatic N) is 10. The third-order valence-corrected chi connectivity index (χ3v) is 8.62. The molecule has 8 bridgehead atoms. The summed E-state index contributed by atoms with van der Waals surface area (Å²) in [4.78, 5) is 78.3. The molecule has 0 atom stereocenters. The molecular formula is C32H14AgN12O8+. The van der Waals surface area contributed by atoms with E-state index in [0.717, 1.165) is 0 Å². The molecule has 0 aliphatic carbocycles. The van der Waals surface area contributed by atoms with Gasteiger partial charge in [0.1, 0.15) is 33.4 Å². The second-order valence-corrected chi connectivity index (χ2v) is 11.4. The van der Waals surface area contributed by atoms with E-state index in [0.29, 0.717) is 44.3 Å².